The molecule has 2 rings (SSSR count). The van der Waals surface area contributed by atoms with Crippen LogP contribution in [0.2, 0.25) is 0 Å². The van der Waals surface area contributed by atoms with Gasteiger partial charge >= 0.3 is 0 Å². The van der Waals surface area contributed by atoms with Gasteiger partial charge in [0.05, 0.1) is 12.2 Å². The summed E-state index contributed by atoms with van der Waals surface area (Å²) in [6.07, 6.45) is 0.907. The maximum absolute atomic E-state index is 12.4. The molecule has 0 bridgehead atoms. The first-order chi connectivity index (χ1) is 9.22. The maximum Gasteiger partial charge on any atom is 0.196 e. The van der Waals surface area contributed by atoms with Crippen molar-refractivity contribution in [2.24, 2.45) is 0 Å². The van der Waals surface area contributed by atoms with Gasteiger partial charge in [0.25, 0.3) is 0 Å². The maximum atomic E-state index is 12.4. The number of hydrogen-bond donors (Lipinski definition) is 1. The van der Waals surface area contributed by atoms with E-state index < -0.39 is 0 Å². The number of anilines is 1. The molecule has 3 nitrogen and oxygen atoms in total. The highest BCUT2D eigenvalue weighted by atomic mass is 16.5. The lowest BCUT2D eigenvalue weighted by atomic mass is 10.0. The van der Waals surface area contributed by atoms with Crippen molar-refractivity contribution < 1.29 is 9.53 Å². The van der Waals surface area contributed by atoms with Crippen LogP contribution in [-0.4, -0.2) is 12.4 Å². The van der Waals surface area contributed by atoms with Crippen LogP contribution in [0, 0.1) is 0 Å². The van der Waals surface area contributed by atoms with E-state index in [1.807, 2.05) is 25.1 Å². The summed E-state index contributed by atoms with van der Waals surface area (Å²) in [4.78, 5) is 12.4. The molecule has 0 fully saturated rings. The minimum Gasteiger partial charge on any atom is -0.493 e. The molecule has 2 aromatic rings. The summed E-state index contributed by atoms with van der Waals surface area (Å²) < 4.78 is 5.61. The van der Waals surface area contributed by atoms with Gasteiger partial charge in [-0.3, -0.25) is 4.79 Å². The summed E-state index contributed by atoms with van der Waals surface area (Å²) in [7, 11) is 0. The predicted molar refractivity (Wildman–Crippen MR) is 76.5 cm³/mol. The van der Waals surface area contributed by atoms with Crippen molar-refractivity contribution in [2.45, 2.75) is 13.3 Å². The average molecular weight is 255 g/mol. The van der Waals surface area contributed by atoms with Crippen LogP contribution in [-0.2, 0) is 0 Å². The SMILES string of the molecule is CCCOc1ccccc1C(=O)c1ccc(N)cc1. The summed E-state index contributed by atoms with van der Waals surface area (Å²) in [5.74, 6) is 0.581. The van der Waals surface area contributed by atoms with Crippen molar-refractivity contribution >= 4 is 11.5 Å². The molecule has 2 N–H and O–H groups in total. The van der Waals surface area contributed by atoms with Crippen LogP contribution >= 0.6 is 0 Å². The van der Waals surface area contributed by atoms with Crippen molar-refractivity contribution in [3.63, 3.8) is 0 Å². The molecule has 0 heterocycles. The molecule has 0 aromatic heterocycles. The molecule has 2 aromatic carbocycles. The van der Waals surface area contributed by atoms with Crippen LogP contribution in [0.15, 0.2) is 48.5 Å². The lowest BCUT2D eigenvalue weighted by Crippen LogP contribution is -2.06. The molecular weight excluding hydrogens is 238 g/mol. The van der Waals surface area contributed by atoms with E-state index in [0.29, 0.717) is 29.2 Å². The monoisotopic (exact) mass is 255 g/mol. The Balaban J connectivity index is 2.30. The van der Waals surface area contributed by atoms with Crippen molar-refractivity contribution in [2.75, 3.05) is 12.3 Å². The van der Waals surface area contributed by atoms with E-state index in [0.717, 1.165) is 6.42 Å². The van der Waals surface area contributed by atoms with Gasteiger partial charge in [0.2, 0.25) is 0 Å². The summed E-state index contributed by atoms with van der Waals surface area (Å²) in [5.41, 5.74) is 7.47. The molecular formula is C16H17NO2. The molecule has 0 saturated carbocycles. The number of ketones is 1. The Labute approximate surface area is 113 Å². The van der Waals surface area contributed by atoms with Gasteiger partial charge in [0, 0.05) is 11.3 Å². The first-order valence-corrected chi connectivity index (χ1v) is 6.34. The quantitative estimate of drug-likeness (QED) is 0.659. The molecule has 0 saturated heterocycles. The summed E-state index contributed by atoms with van der Waals surface area (Å²) in [6, 6.07) is 14.2. The minimum absolute atomic E-state index is 0.0493. The molecule has 0 spiro atoms. The van der Waals surface area contributed by atoms with E-state index >= 15 is 0 Å². The number of carbonyl (C=O) groups excluding carboxylic acids is 1. The minimum atomic E-state index is -0.0493. The standard InChI is InChI=1S/C16H17NO2/c1-2-11-19-15-6-4-3-5-14(15)16(18)12-7-9-13(17)10-8-12/h3-10H,2,11,17H2,1H3. The van der Waals surface area contributed by atoms with E-state index in [9.17, 15) is 4.79 Å². The third-order valence-electron chi connectivity index (χ3n) is 2.77. The summed E-state index contributed by atoms with van der Waals surface area (Å²) in [6.45, 7) is 2.64. The highest BCUT2D eigenvalue weighted by molar-refractivity contribution is 6.10. The molecule has 19 heavy (non-hydrogen) atoms. The van der Waals surface area contributed by atoms with Gasteiger partial charge < -0.3 is 10.5 Å². The van der Waals surface area contributed by atoms with Gasteiger partial charge in [-0.15, -0.1) is 0 Å². The van der Waals surface area contributed by atoms with E-state index in [1.165, 1.54) is 0 Å². The van der Waals surface area contributed by atoms with Crippen molar-refractivity contribution in [1.29, 1.82) is 0 Å². The van der Waals surface area contributed by atoms with Crippen LogP contribution in [0.5, 0.6) is 5.75 Å². The van der Waals surface area contributed by atoms with E-state index in [2.05, 4.69) is 0 Å². The number of nitrogens with two attached hydrogens (primary N) is 1. The fraction of sp³-hybridized carbons (Fsp3) is 0.188. The molecule has 0 radical (unpaired) electrons. The Bertz CT molecular complexity index is 561. The molecule has 98 valence electrons. The molecule has 0 amide bonds. The van der Waals surface area contributed by atoms with Gasteiger partial charge in [-0.1, -0.05) is 19.1 Å². The number of carbonyl (C=O) groups is 1. The number of nitrogen functional groups attached to an aromatic ring is 1. The Morgan fingerprint density at radius 2 is 1.79 bits per heavy atom. The average Bonchev–Trinajstić information content (AvgIpc) is 2.45. The second kappa shape index (κ2) is 6.05. The lowest BCUT2D eigenvalue weighted by molar-refractivity contribution is 0.103. The highest BCUT2D eigenvalue weighted by Crippen LogP contribution is 2.22. The molecule has 0 aliphatic carbocycles. The number of rotatable bonds is 5. The highest BCUT2D eigenvalue weighted by Gasteiger charge is 2.13. The molecule has 0 unspecified atom stereocenters. The smallest absolute Gasteiger partial charge is 0.196 e. The summed E-state index contributed by atoms with van der Waals surface area (Å²) in [5, 5.41) is 0. The van der Waals surface area contributed by atoms with Crippen molar-refractivity contribution in [3.05, 3.63) is 59.7 Å². The number of benzene rings is 2. The lowest BCUT2D eigenvalue weighted by Gasteiger charge is -2.10. The summed E-state index contributed by atoms with van der Waals surface area (Å²) >= 11 is 0. The van der Waals surface area contributed by atoms with Gasteiger partial charge in [-0.05, 0) is 42.8 Å². The zero-order valence-electron chi connectivity index (χ0n) is 10.9. The molecule has 0 atom stereocenters. The second-order valence-electron chi connectivity index (χ2n) is 4.30. The van der Waals surface area contributed by atoms with E-state index in [4.69, 9.17) is 10.5 Å². The predicted octanol–water partition coefficient (Wildman–Crippen LogP) is 3.29. The van der Waals surface area contributed by atoms with E-state index in [1.54, 1.807) is 30.3 Å². The van der Waals surface area contributed by atoms with Crippen LogP contribution < -0.4 is 10.5 Å². The number of para-hydroxylation sites is 1. The van der Waals surface area contributed by atoms with Crippen LogP contribution in [0.25, 0.3) is 0 Å². The Kier molecular flexibility index (Phi) is 4.18. The van der Waals surface area contributed by atoms with Gasteiger partial charge in [-0.25, -0.2) is 0 Å². The van der Waals surface area contributed by atoms with Gasteiger partial charge in [-0.2, -0.15) is 0 Å². The van der Waals surface area contributed by atoms with Crippen molar-refractivity contribution in [3.8, 4) is 5.75 Å². The Morgan fingerprint density at radius 1 is 1.11 bits per heavy atom. The number of hydrogen-bond acceptors (Lipinski definition) is 3. The Morgan fingerprint density at radius 3 is 2.47 bits per heavy atom. The third-order valence-corrected chi connectivity index (χ3v) is 2.77. The van der Waals surface area contributed by atoms with Crippen molar-refractivity contribution in [1.82, 2.24) is 0 Å². The fourth-order valence-corrected chi connectivity index (χ4v) is 1.78. The zero-order valence-corrected chi connectivity index (χ0v) is 10.9. The number of ether oxygens (including phenoxy) is 1. The van der Waals surface area contributed by atoms with Crippen LogP contribution in [0.4, 0.5) is 5.69 Å². The molecule has 0 aliphatic heterocycles. The van der Waals surface area contributed by atoms with E-state index in [-0.39, 0.29) is 5.78 Å². The third kappa shape index (κ3) is 3.13. The second-order valence-corrected chi connectivity index (χ2v) is 4.30. The van der Waals surface area contributed by atoms with Gasteiger partial charge in [0.1, 0.15) is 5.75 Å². The topological polar surface area (TPSA) is 52.3 Å². The molecule has 3 heteroatoms. The largest absolute Gasteiger partial charge is 0.493 e. The van der Waals surface area contributed by atoms with Gasteiger partial charge in [0.15, 0.2) is 5.78 Å². The van der Waals surface area contributed by atoms with Crippen LogP contribution in [0.1, 0.15) is 29.3 Å². The molecule has 0 aliphatic rings. The van der Waals surface area contributed by atoms with Crippen LogP contribution in [0.3, 0.4) is 0 Å². The zero-order chi connectivity index (χ0) is 13.7. The normalized spacial score (nSPS) is 10.2. The fourth-order valence-electron chi connectivity index (χ4n) is 1.78. The first-order valence-electron chi connectivity index (χ1n) is 6.34. The Hall–Kier alpha value is -2.29. The first kappa shape index (κ1) is 13.1.